The molecule has 4 rings (SSSR count). The molecule has 4 aromatic rings. The van der Waals surface area contributed by atoms with E-state index in [0.717, 1.165) is 0 Å². The Kier molecular flexibility index (Phi) is 4.12. The molecule has 0 fully saturated rings. The molecule has 0 bridgehead atoms. The van der Waals surface area contributed by atoms with Crippen LogP contribution in [0.15, 0.2) is 91.0 Å². The van der Waals surface area contributed by atoms with Gasteiger partial charge in [-0.25, -0.2) is 0 Å². The highest BCUT2D eigenvalue weighted by Gasteiger charge is 2.14. The zero-order valence-electron chi connectivity index (χ0n) is 15.7. The molecule has 0 aliphatic carbocycles. The monoisotopic (exact) mass is 336 g/mol. The van der Waals surface area contributed by atoms with Gasteiger partial charge in [0.25, 0.3) is 0 Å². The van der Waals surface area contributed by atoms with E-state index in [1.54, 1.807) is 0 Å². The SMILES string of the molecule is CC(C)(C)c1ccc(-c2cccc3cccc(-c4ccccc4)c23)cc1. The molecule has 0 unspecified atom stereocenters. The van der Waals surface area contributed by atoms with Crippen molar-refractivity contribution in [2.45, 2.75) is 26.2 Å². The lowest BCUT2D eigenvalue weighted by Crippen LogP contribution is -2.10. The largest absolute Gasteiger partial charge is 0.0622 e. The summed E-state index contributed by atoms with van der Waals surface area (Å²) < 4.78 is 0. The van der Waals surface area contributed by atoms with Crippen molar-refractivity contribution >= 4 is 10.8 Å². The zero-order valence-corrected chi connectivity index (χ0v) is 15.7. The fourth-order valence-electron chi connectivity index (χ4n) is 3.59. The minimum atomic E-state index is 0.173. The molecule has 0 saturated carbocycles. The van der Waals surface area contributed by atoms with Crippen LogP contribution >= 0.6 is 0 Å². The number of rotatable bonds is 2. The minimum absolute atomic E-state index is 0.173. The second kappa shape index (κ2) is 6.46. The number of fused-ring (bicyclic) bond motifs is 1. The molecule has 0 spiro atoms. The van der Waals surface area contributed by atoms with E-state index < -0.39 is 0 Å². The maximum absolute atomic E-state index is 2.26. The topological polar surface area (TPSA) is 0 Å². The Bertz CT molecular complexity index is 1030. The van der Waals surface area contributed by atoms with Gasteiger partial charge in [-0.05, 0) is 44.0 Å². The van der Waals surface area contributed by atoms with Gasteiger partial charge in [-0.3, -0.25) is 0 Å². The Labute approximate surface area is 156 Å². The van der Waals surface area contributed by atoms with E-state index in [1.807, 2.05) is 0 Å². The summed E-state index contributed by atoms with van der Waals surface area (Å²) in [6.45, 7) is 6.77. The summed E-state index contributed by atoms with van der Waals surface area (Å²) in [6.07, 6.45) is 0. The second-order valence-corrected chi connectivity index (χ2v) is 7.90. The van der Waals surface area contributed by atoms with Crippen molar-refractivity contribution < 1.29 is 0 Å². The maximum atomic E-state index is 2.26. The number of hydrogen-bond donors (Lipinski definition) is 0. The molecule has 128 valence electrons. The second-order valence-electron chi connectivity index (χ2n) is 7.90. The Morgan fingerprint density at radius 1 is 0.500 bits per heavy atom. The van der Waals surface area contributed by atoms with Gasteiger partial charge in [0.05, 0.1) is 0 Å². The minimum Gasteiger partial charge on any atom is -0.0622 e. The summed E-state index contributed by atoms with van der Waals surface area (Å²) in [6, 6.07) is 32.9. The summed E-state index contributed by atoms with van der Waals surface area (Å²) in [5.74, 6) is 0. The van der Waals surface area contributed by atoms with Crippen molar-refractivity contribution in [3.8, 4) is 22.3 Å². The third-order valence-corrected chi connectivity index (χ3v) is 5.05. The first-order valence-electron chi connectivity index (χ1n) is 9.22. The van der Waals surface area contributed by atoms with Gasteiger partial charge in [-0.1, -0.05) is 112 Å². The highest BCUT2D eigenvalue weighted by molar-refractivity contribution is 6.06. The van der Waals surface area contributed by atoms with Gasteiger partial charge >= 0.3 is 0 Å². The number of hydrogen-bond acceptors (Lipinski definition) is 0. The molecule has 0 atom stereocenters. The molecule has 0 nitrogen and oxygen atoms in total. The average Bonchev–Trinajstić information content (AvgIpc) is 2.67. The van der Waals surface area contributed by atoms with Crippen LogP contribution in [0, 0.1) is 0 Å². The Morgan fingerprint density at radius 3 is 1.58 bits per heavy atom. The fourth-order valence-corrected chi connectivity index (χ4v) is 3.59. The van der Waals surface area contributed by atoms with Crippen LogP contribution in [0.25, 0.3) is 33.0 Å². The van der Waals surface area contributed by atoms with E-state index in [0.29, 0.717) is 0 Å². The summed E-state index contributed by atoms with van der Waals surface area (Å²) in [5, 5.41) is 2.61. The summed E-state index contributed by atoms with van der Waals surface area (Å²) in [7, 11) is 0. The Hall–Kier alpha value is -2.86. The first kappa shape index (κ1) is 16.6. The van der Waals surface area contributed by atoms with E-state index in [1.165, 1.54) is 38.6 Å². The van der Waals surface area contributed by atoms with Crippen LogP contribution in [0.1, 0.15) is 26.3 Å². The average molecular weight is 336 g/mol. The molecule has 0 heteroatoms. The van der Waals surface area contributed by atoms with Gasteiger partial charge in [0.15, 0.2) is 0 Å². The lowest BCUT2D eigenvalue weighted by molar-refractivity contribution is 0.590. The molecule has 0 N–H and O–H groups in total. The molecule has 0 radical (unpaired) electrons. The van der Waals surface area contributed by atoms with E-state index in [4.69, 9.17) is 0 Å². The predicted molar refractivity (Wildman–Crippen MR) is 114 cm³/mol. The van der Waals surface area contributed by atoms with E-state index in [9.17, 15) is 0 Å². The molecule has 0 aliphatic rings. The molecular formula is C26H24. The highest BCUT2D eigenvalue weighted by atomic mass is 14.2. The van der Waals surface area contributed by atoms with Gasteiger partial charge in [0, 0.05) is 0 Å². The highest BCUT2D eigenvalue weighted by Crippen LogP contribution is 2.37. The van der Waals surface area contributed by atoms with Crippen molar-refractivity contribution in [1.29, 1.82) is 0 Å². The van der Waals surface area contributed by atoms with Gasteiger partial charge in [-0.2, -0.15) is 0 Å². The maximum Gasteiger partial charge on any atom is -0.00268 e. The molecule has 0 amide bonds. The first-order valence-corrected chi connectivity index (χ1v) is 9.22. The van der Waals surface area contributed by atoms with Crippen molar-refractivity contribution in [3.63, 3.8) is 0 Å². The van der Waals surface area contributed by atoms with Crippen molar-refractivity contribution in [2.75, 3.05) is 0 Å². The Morgan fingerprint density at radius 2 is 1.04 bits per heavy atom. The molecule has 0 saturated heterocycles. The van der Waals surface area contributed by atoms with Gasteiger partial charge in [-0.15, -0.1) is 0 Å². The third-order valence-electron chi connectivity index (χ3n) is 5.05. The van der Waals surface area contributed by atoms with Crippen LogP contribution in [0.5, 0.6) is 0 Å². The molecule has 0 heterocycles. The molecule has 26 heavy (non-hydrogen) atoms. The van der Waals surface area contributed by atoms with Crippen molar-refractivity contribution in [2.24, 2.45) is 0 Å². The van der Waals surface area contributed by atoms with E-state index in [2.05, 4.69) is 112 Å². The van der Waals surface area contributed by atoms with Crippen LogP contribution < -0.4 is 0 Å². The lowest BCUT2D eigenvalue weighted by atomic mass is 9.85. The Balaban J connectivity index is 1.94. The van der Waals surface area contributed by atoms with Crippen LogP contribution in [0.4, 0.5) is 0 Å². The standard InChI is InChI=1S/C26H24/c1-26(2,3)22-17-15-20(16-18-22)24-14-8-12-21-11-7-13-23(25(21)24)19-9-5-4-6-10-19/h4-18H,1-3H3. The van der Waals surface area contributed by atoms with Crippen LogP contribution in [-0.2, 0) is 5.41 Å². The van der Waals surface area contributed by atoms with Crippen molar-refractivity contribution in [1.82, 2.24) is 0 Å². The van der Waals surface area contributed by atoms with Crippen LogP contribution in [0.2, 0.25) is 0 Å². The first-order chi connectivity index (χ1) is 12.5. The summed E-state index contributed by atoms with van der Waals surface area (Å²) in [5.41, 5.74) is 6.65. The smallest absolute Gasteiger partial charge is 0.00268 e. The summed E-state index contributed by atoms with van der Waals surface area (Å²) >= 11 is 0. The normalized spacial score (nSPS) is 11.7. The summed E-state index contributed by atoms with van der Waals surface area (Å²) in [4.78, 5) is 0. The van der Waals surface area contributed by atoms with Gasteiger partial charge < -0.3 is 0 Å². The quantitative estimate of drug-likeness (QED) is 0.356. The molecule has 0 aliphatic heterocycles. The third kappa shape index (κ3) is 3.04. The molecule has 4 aromatic carbocycles. The van der Waals surface area contributed by atoms with E-state index >= 15 is 0 Å². The van der Waals surface area contributed by atoms with Gasteiger partial charge in [0.1, 0.15) is 0 Å². The predicted octanol–water partition coefficient (Wildman–Crippen LogP) is 7.47. The fraction of sp³-hybridized carbons (Fsp3) is 0.154. The molecular weight excluding hydrogens is 312 g/mol. The van der Waals surface area contributed by atoms with Crippen LogP contribution in [-0.4, -0.2) is 0 Å². The van der Waals surface area contributed by atoms with E-state index in [-0.39, 0.29) is 5.41 Å². The molecule has 0 aromatic heterocycles. The zero-order chi connectivity index (χ0) is 18.1. The lowest BCUT2D eigenvalue weighted by Gasteiger charge is -2.19. The van der Waals surface area contributed by atoms with Crippen molar-refractivity contribution in [3.05, 3.63) is 96.6 Å². The van der Waals surface area contributed by atoms with Crippen LogP contribution in [0.3, 0.4) is 0 Å². The van der Waals surface area contributed by atoms with Gasteiger partial charge in [0.2, 0.25) is 0 Å². The number of benzene rings is 4.